The van der Waals surface area contributed by atoms with Crippen molar-refractivity contribution in [2.45, 2.75) is 23.6 Å². The fourth-order valence-corrected chi connectivity index (χ4v) is 5.58. The van der Waals surface area contributed by atoms with E-state index in [0.29, 0.717) is 34.9 Å². The number of sulfonamides is 1. The van der Waals surface area contributed by atoms with Gasteiger partial charge in [-0.3, -0.25) is 10.0 Å². The average Bonchev–Trinajstić information content (AvgIpc) is 3.63. The van der Waals surface area contributed by atoms with Crippen molar-refractivity contribution in [1.29, 1.82) is 0 Å². The minimum Gasteiger partial charge on any atom is -0.496 e. The summed E-state index contributed by atoms with van der Waals surface area (Å²) in [6.07, 6.45) is 0.165. The Morgan fingerprint density at radius 2 is 1.89 bits per heavy atom. The van der Waals surface area contributed by atoms with E-state index in [-0.39, 0.29) is 22.3 Å². The standard InChI is InChI=1S/C25H25ClFN3O4S2/c1-28-25(35)30-36(31,32)22-13-15(3-9-19(22)16-4-7-18(27)8-5-16)11-12-29-24-23(34-24)20-14-17(26)6-10-21(20)33-2/h3-10,13-14,23-24,29H,11-12H2,1-2H3,(H2,28,30,35). The Morgan fingerprint density at radius 1 is 1.14 bits per heavy atom. The molecule has 1 saturated heterocycles. The van der Waals surface area contributed by atoms with Gasteiger partial charge in [-0.2, -0.15) is 0 Å². The predicted octanol–water partition coefficient (Wildman–Crippen LogP) is 4.17. The first kappa shape index (κ1) is 26.3. The number of halogens is 2. The van der Waals surface area contributed by atoms with E-state index in [9.17, 15) is 12.8 Å². The molecule has 0 saturated carbocycles. The lowest BCUT2D eigenvalue weighted by atomic mass is 10.0. The number of hydrogen-bond acceptors (Lipinski definition) is 6. The van der Waals surface area contributed by atoms with Gasteiger partial charge in [0.2, 0.25) is 0 Å². The Morgan fingerprint density at radius 3 is 2.58 bits per heavy atom. The number of epoxide rings is 1. The van der Waals surface area contributed by atoms with Gasteiger partial charge in [0.05, 0.1) is 12.0 Å². The van der Waals surface area contributed by atoms with Gasteiger partial charge >= 0.3 is 0 Å². The molecule has 1 fully saturated rings. The van der Waals surface area contributed by atoms with Crippen molar-refractivity contribution >= 4 is 39.0 Å². The highest BCUT2D eigenvalue weighted by Gasteiger charge is 2.41. The third kappa shape index (κ3) is 6.13. The molecule has 0 aliphatic carbocycles. The first-order valence-corrected chi connectivity index (χ1v) is 13.3. The average molecular weight is 550 g/mol. The zero-order chi connectivity index (χ0) is 25.9. The van der Waals surface area contributed by atoms with Crippen molar-refractivity contribution in [1.82, 2.24) is 15.4 Å². The van der Waals surface area contributed by atoms with Crippen LogP contribution in [0.5, 0.6) is 5.75 Å². The Labute approximate surface area is 220 Å². The summed E-state index contributed by atoms with van der Waals surface area (Å²) in [6, 6.07) is 16.2. The van der Waals surface area contributed by atoms with Crippen LogP contribution in [0.25, 0.3) is 11.1 Å². The minimum atomic E-state index is -3.99. The van der Waals surface area contributed by atoms with Gasteiger partial charge in [-0.15, -0.1) is 0 Å². The van der Waals surface area contributed by atoms with Gasteiger partial charge in [0.1, 0.15) is 23.9 Å². The molecule has 0 amide bonds. The second kappa shape index (κ2) is 11.1. The number of benzene rings is 3. The zero-order valence-corrected chi connectivity index (χ0v) is 21.9. The molecule has 190 valence electrons. The second-order valence-corrected chi connectivity index (χ2v) is 10.6. The summed E-state index contributed by atoms with van der Waals surface area (Å²) in [5, 5.41) is 6.49. The molecule has 36 heavy (non-hydrogen) atoms. The Balaban J connectivity index is 1.50. The molecule has 0 bridgehead atoms. The third-order valence-electron chi connectivity index (χ3n) is 5.69. The summed E-state index contributed by atoms with van der Waals surface area (Å²) in [5.74, 6) is 0.295. The van der Waals surface area contributed by atoms with Crippen molar-refractivity contribution in [3.63, 3.8) is 0 Å². The van der Waals surface area contributed by atoms with Gasteiger partial charge in [0.15, 0.2) is 5.11 Å². The van der Waals surface area contributed by atoms with Gasteiger partial charge in [-0.25, -0.2) is 12.8 Å². The van der Waals surface area contributed by atoms with Crippen molar-refractivity contribution in [2.24, 2.45) is 0 Å². The number of hydrogen-bond donors (Lipinski definition) is 3. The highest BCUT2D eigenvalue weighted by Crippen LogP contribution is 2.42. The Bertz CT molecular complexity index is 1370. The molecular formula is C25H25ClFN3O4S2. The van der Waals surface area contributed by atoms with Crippen LogP contribution < -0.4 is 20.1 Å². The quantitative estimate of drug-likeness (QED) is 0.272. The van der Waals surface area contributed by atoms with Crippen LogP contribution in [0.4, 0.5) is 4.39 Å². The maximum Gasteiger partial charge on any atom is 0.264 e. The second-order valence-electron chi connectivity index (χ2n) is 8.09. The van der Waals surface area contributed by atoms with E-state index in [0.717, 1.165) is 11.1 Å². The number of thiocarbonyl (C=S) groups is 1. The highest BCUT2D eigenvalue weighted by molar-refractivity contribution is 7.92. The van der Waals surface area contributed by atoms with E-state index < -0.39 is 15.8 Å². The minimum absolute atomic E-state index is 0.0273. The van der Waals surface area contributed by atoms with E-state index >= 15 is 0 Å². The molecule has 3 N–H and O–H groups in total. The molecule has 1 aliphatic heterocycles. The van der Waals surface area contributed by atoms with E-state index in [1.807, 2.05) is 12.1 Å². The number of methoxy groups -OCH3 is 1. The lowest BCUT2D eigenvalue weighted by molar-refractivity contribution is 0.342. The first-order chi connectivity index (χ1) is 17.2. The van der Waals surface area contributed by atoms with Crippen LogP contribution in [0.15, 0.2) is 65.6 Å². The molecule has 0 aromatic heterocycles. The number of nitrogens with one attached hydrogen (secondary N) is 3. The molecule has 1 heterocycles. The van der Waals surface area contributed by atoms with Crippen molar-refractivity contribution in [3.8, 4) is 16.9 Å². The highest BCUT2D eigenvalue weighted by atomic mass is 35.5. The molecule has 3 aromatic carbocycles. The Kier molecular flexibility index (Phi) is 8.11. The van der Waals surface area contributed by atoms with Crippen LogP contribution in [0, 0.1) is 5.82 Å². The fourth-order valence-electron chi connectivity index (χ4n) is 3.83. The van der Waals surface area contributed by atoms with Crippen LogP contribution in [0.1, 0.15) is 17.2 Å². The molecule has 2 atom stereocenters. The van der Waals surface area contributed by atoms with E-state index in [1.165, 1.54) is 31.3 Å². The smallest absolute Gasteiger partial charge is 0.264 e. The zero-order valence-electron chi connectivity index (χ0n) is 19.5. The summed E-state index contributed by atoms with van der Waals surface area (Å²) in [7, 11) is -0.866. The number of rotatable bonds is 9. The SMILES string of the molecule is CNC(=S)NS(=O)(=O)c1cc(CCNC2OC2c2cc(Cl)ccc2OC)ccc1-c1ccc(F)cc1. The van der Waals surface area contributed by atoms with Crippen LogP contribution in [0.3, 0.4) is 0 Å². The molecule has 3 aromatic rings. The van der Waals surface area contributed by atoms with E-state index in [1.54, 1.807) is 31.4 Å². The topological polar surface area (TPSA) is 92.0 Å². The lowest BCUT2D eigenvalue weighted by Gasteiger charge is -2.15. The summed E-state index contributed by atoms with van der Waals surface area (Å²) in [6.45, 7) is 0.543. The normalized spacial score (nSPS) is 16.9. The first-order valence-electron chi connectivity index (χ1n) is 11.1. The maximum atomic E-state index is 13.4. The summed E-state index contributed by atoms with van der Waals surface area (Å²) in [4.78, 5) is 0.0495. The molecule has 0 radical (unpaired) electrons. The van der Waals surface area contributed by atoms with Crippen molar-refractivity contribution in [3.05, 3.63) is 82.6 Å². The molecular weight excluding hydrogens is 525 g/mol. The molecule has 4 rings (SSSR count). The van der Waals surface area contributed by atoms with Gasteiger partial charge in [-0.05, 0) is 66.2 Å². The Hall–Kier alpha value is -2.76. The predicted molar refractivity (Wildman–Crippen MR) is 141 cm³/mol. The molecule has 0 spiro atoms. The van der Waals surface area contributed by atoms with Crippen LogP contribution in [-0.4, -0.2) is 40.5 Å². The monoisotopic (exact) mass is 549 g/mol. The summed E-state index contributed by atoms with van der Waals surface area (Å²) < 4.78 is 53.2. The third-order valence-corrected chi connectivity index (χ3v) is 7.75. The van der Waals surface area contributed by atoms with E-state index in [2.05, 4.69) is 15.4 Å². The number of ether oxygens (including phenoxy) is 2. The summed E-state index contributed by atoms with van der Waals surface area (Å²) in [5.41, 5.74) is 2.67. The summed E-state index contributed by atoms with van der Waals surface area (Å²) >= 11 is 11.1. The van der Waals surface area contributed by atoms with Gasteiger partial charge in [-0.1, -0.05) is 35.9 Å². The largest absolute Gasteiger partial charge is 0.496 e. The van der Waals surface area contributed by atoms with Gasteiger partial charge < -0.3 is 14.8 Å². The van der Waals surface area contributed by atoms with Gasteiger partial charge in [0.25, 0.3) is 10.0 Å². The van der Waals surface area contributed by atoms with Crippen molar-refractivity contribution < 1.29 is 22.3 Å². The lowest BCUT2D eigenvalue weighted by Crippen LogP contribution is -2.37. The molecule has 1 aliphatic rings. The van der Waals surface area contributed by atoms with Crippen LogP contribution in [0.2, 0.25) is 5.02 Å². The molecule has 7 nitrogen and oxygen atoms in total. The van der Waals surface area contributed by atoms with Crippen LogP contribution in [-0.2, 0) is 21.2 Å². The van der Waals surface area contributed by atoms with Crippen molar-refractivity contribution in [2.75, 3.05) is 20.7 Å². The fraction of sp³-hybridized carbons (Fsp3) is 0.240. The van der Waals surface area contributed by atoms with Gasteiger partial charge in [0, 0.05) is 29.7 Å². The van der Waals surface area contributed by atoms with E-state index in [4.69, 9.17) is 33.3 Å². The molecule has 11 heteroatoms. The molecule has 2 unspecified atom stereocenters. The van der Waals surface area contributed by atoms with Crippen LogP contribution >= 0.6 is 23.8 Å². The maximum absolute atomic E-state index is 13.4.